The Balaban J connectivity index is 2.33. The molecule has 0 saturated carbocycles. The lowest BCUT2D eigenvalue weighted by Gasteiger charge is -2.31. The second-order valence-corrected chi connectivity index (χ2v) is 13.2. The van der Waals surface area contributed by atoms with Crippen molar-refractivity contribution in [3.63, 3.8) is 0 Å². The van der Waals surface area contributed by atoms with Crippen LogP contribution in [0.25, 0.3) is 0 Å². The molecule has 0 aromatic heterocycles. The normalized spacial score (nSPS) is 13.4. The SMILES string of the molecule is CC[C@H](N[C@@H](CC(C)C)C(=O)N[C@@H](CCCN=C(N)N)C(=O)N(C)[N+](=O)[O-])P(=O)(OCc1ccccc1)OCc1ccccc1. The summed E-state index contributed by atoms with van der Waals surface area (Å²) in [5, 5.41) is 16.6. The highest BCUT2D eigenvalue weighted by Gasteiger charge is 2.39. The molecule has 2 aromatic rings. The highest BCUT2D eigenvalue weighted by molar-refractivity contribution is 7.54. The number of rotatable bonds is 20. The van der Waals surface area contributed by atoms with Crippen molar-refractivity contribution in [1.29, 1.82) is 0 Å². The number of carbonyl (C=O) groups excluding carboxylic acids is 2. The van der Waals surface area contributed by atoms with Gasteiger partial charge in [0.1, 0.15) is 11.8 Å². The average molecular weight is 648 g/mol. The maximum atomic E-state index is 14.5. The van der Waals surface area contributed by atoms with E-state index in [-0.39, 0.29) is 50.9 Å². The first-order valence-electron chi connectivity index (χ1n) is 14.9. The Morgan fingerprint density at radius 3 is 1.98 bits per heavy atom. The van der Waals surface area contributed by atoms with E-state index < -0.39 is 42.3 Å². The Morgan fingerprint density at radius 2 is 1.53 bits per heavy atom. The van der Waals surface area contributed by atoms with Crippen molar-refractivity contribution in [2.75, 3.05) is 13.6 Å². The van der Waals surface area contributed by atoms with E-state index in [0.717, 1.165) is 18.2 Å². The van der Waals surface area contributed by atoms with Gasteiger partial charge < -0.3 is 25.8 Å². The number of nitrogens with zero attached hydrogens (tertiary/aromatic N) is 3. The molecule has 0 aliphatic heterocycles. The summed E-state index contributed by atoms with van der Waals surface area (Å²) in [5.74, 6) is -2.51. The third-order valence-corrected chi connectivity index (χ3v) is 9.07. The molecule has 6 N–H and O–H groups in total. The summed E-state index contributed by atoms with van der Waals surface area (Å²) in [6, 6.07) is 16.3. The lowest BCUT2D eigenvalue weighted by atomic mass is 10.0. The van der Waals surface area contributed by atoms with Crippen molar-refractivity contribution in [1.82, 2.24) is 15.6 Å². The molecule has 14 nitrogen and oxygen atoms in total. The second kappa shape index (κ2) is 18.8. The maximum Gasteiger partial charge on any atom is 0.348 e. The minimum Gasteiger partial charge on any atom is -0.370 e. The Bertz CT molecular complexity index is 1250. The zero-order valence-electron chi connectivity index (χ0n) is 26.3. The largest absolute Gasteiger partial charge is 0.370 e. The van der Waals surface area contributed by atoms with E-state index in [1.165, 1.54) is 0 Å². The summed E-state index contributed by atoms with van der Waals surface area (Å²) >= 11 is 0. The van der Waals surface area contributed by atoms with Gasteiger partial charge in [-0.3, -0.25) is 24.5 Å². The molecule has 15 heteroatoms. The van der Waals surface area contributed by atoms with Gasteiger partial charge in [0, 0.05) is 6.54 Å². The van der Waals surface area contributed by atoms with E-state index in [1.807, 2.05) is 74.5 Å². The number of amides is 2. The minimum atomic E-state index is -3.90. The number of hydrogen-bond donors (Lipinski definition) is 4. The fourth-order valence-corrected chi connectivity index (χ4v) is 6.32. The van der Waals surface area contributed by atoms with Gasteiger partial charge in [-0.2, -0.15) is 0 Å². The zero-order valence-corrected chi connectivity index (χ0v) is 27.2. The van der Waals surface area contributed by atoms with Gasteiger partial charge in [-0.05, 0) is 42.7 Å². The van der Waals surface area contributed by atoms with E-state index >= 15 is 0 Å². The predicted molar refractivity (Wildman–Crippen MR) is 172 cm³/mol. The second-order valence-electron chi connectivity index (χ2n) is 10.9. The number of nitrogens with two attached hydrogens (primary N) is 2. The van der Waals surface area contributed by atoms with Gasteiger partial charge in [0.15, 0.2) is 11.0 Å². The number of aliphatic imine (C=N–C) groups is 1. The molecule has 0 fully saturated rings. The Kier molecular flexibility index (Phi) is 15.6. The molecule has 0 radical (unpaired) electrons. The van der Waals surface area contributed by atoms with E-state index in [4.69, 9.17) is 20.5 Å². The Labute approximate surface area is 264 Å². The van der Waals surface area contributed by atoms with Crippen LogP contribution < -0.4 is 22.1 Å². The van der Waals surface area contributed by atoms with Crippen LogP contribution in [0.2, 0.25) is 0 Å². The van der Waals surface area contributed by atoms with Gasteiger partial charge in [-0.15, -0.1) is 0 Å². The molecule has 0 unspecified atom stereocenters. The van der Waals surface area contributed by atoms with Gasteiger partial charge in [-0.25, -0.2) is 10.1 Å². The van der Waals surface area contributed by atoms with E-state index in [2.05, 4.69) is 15.6 Å². The van der Waals surface area contributed by atoms with Crippen molar-refractivity contribution in [3.8, 4) is 0 Å². The summed E-state index contributed by atoms with van der Waals surface area (Å²) in [6.45, 7) is 5.83. The van der Waals surface area contributed by atoms with Crippen molar-refractivity contribution in [2.24, 2.45) is 22.4 Å². The minimum absolute atomic E-state index is 0.0121. The van der Waals surface area contributed by atoms with Crippen molar-refractivity contribution in [2.45, 2.75) is 77.5 Å². The summed E-state index contributed by atoms with van der Waals surface area (Å²) in [5.41, 5.74) is 12.3. The molecule has 0 aliphatic carbocycles. The summed E-state index contributed by atoms with van der Waals surface area (Å²) < 4.78 is 26.5. The van der Waals surface area contributed by atoms with Gasteiger partial charge in [-0.1, -0.05) is 86.4 Å². The molecule has 0 bridgehead atoms. The van der Waals surface area contributed by atoms with E-state index in [0.29, 0.717) is 11.4 Å². The van der Waals surface area contributed by atoms with Crippen LogP contribution in [0, 0.1) is 16.0 Å². The Morgan fingerprint density at radius 1 is 1.00 bits per heavy atom. The third-order valence-electron chi connectivity index (χ3n) is 6.82. The van der Waals surface area contributed by atoms with Crippen LogP contribution in [0.15, 0.2) is 65.7 Å². The first-order chi connectivity index (χ1) is 21.4. The summed E-state index contributed by atoms with van der Waals surface area (Å²) in [6.07, 6.45) is 0.910. The van der Waals surface area contributed by atoms with Crippen molar-refractivity contribution in [3.05, 3.63) is 81.9 Å². The lowest BCUT2D eigenvalue weighted by Crippen LogP contribution is -2.55. The number of guanidine groups is 1. The molecular weight excluding hydrogens is 601 g/mol. The summed E-state index contributed by atoms with van der Waals surface area (Å²) in [4.78, 5) is 41.9. The number of likely N-dealkylation sites (N-methyl/N-ethyl adjacent to an activating group) is 1. The highest BCUT2D eigenvalue weighted by atomic mass is 31.2. The smallest absolute Gasteiger partial charge is 0.348 e. The maximum absolute atomic E-state index is 14.5. The topological polar surface area (TPSA) is 205 Å². The van der Waals surface area contributed by atoms with Gasteiger partial charge >= 0.3 is 13.5 Å². The number of carbonyl (C=O) groups is 2. The van der Waals surface area contributed by atoms with Crippen LogP contribution in [0.5, 0.6) is 0 Å². The fraction of sp³-hybridized carbons (Fsp3) is 0.500. The lowest BCUT2D eigenvalue weighted by molar-refractivity contribution is -0.628. The average Bonchev–Trinajstić information content (AvgIpc) is 3.02. The number of hydrazine groups is 1. The quantitative estimate of drug-likeness (QED) is 0.0411. The van der Waals surface area contributed by atoms with Crippen LogP contribution >= 0.6 is 7.60 Å². The first kappa shape index (κ1) is 37.3. The number of nitro groups is 1. The molecule has 2 amide bonds. The molecule has 0 aliphatic rings. The third kappa shape index (κ3) is 13.0. The molecule has 2 aromatic carbocycles. The monoisotopic (exact) mass is 647 g/mol. The van der Waals surface area contributed by atoms with Crippen LogP contribution in [0.4, 0.5) is 0 Å². The van der Waals surface area contributed by atoms with Crippen LogP contribution in [-0.2, 0) is 36.4 Å². The molecule has 0 heterocycles. The van der Waals surface area contributed by atoms with Crippen LogP contribution in [0.3, 0.4) is 0 Å². The molecule has 2 rings (SSSR count). The first-order valence-corrected chi connectivity index (χ1v) is 16.5. The number of nitrogens with one attached hydrogen (secondary N) is 2. The number of hydrogen-bond acceptors (Lipinski definition) is 9. The van der Waals surface area contributed by atoms with Crippen molar-refractivity contribution >= 4 is 25.4 Å². The predicted octanol–water partition coefficient (Wildman–Crippen LogP) is 3.54. The number of benzene rings is 2. The molecule has 0 saturated heterocycles. The molecule has 3 atom stereocenters. The van der Waals surface area contributed by atoms with Crippen LogP contribution in [-0.4, -0.2) is 59.3 Å². The molecular formula is C30H46N7O7P. The molecule has 45 heavy (non-hydrogen) atoms. The van der Waals surface area contributed by atoms with Crippen molar-refractivity contribution < 1.29 is 28.2 Å². The highest BCUT2D eigenvalue weighted by Crippen LogP contribution is 2.54. The molecule has 0 spiro atoms. The standard InChI is InChI=1S/C30H46N7O7P/c1-5-27(45(42,43-20-23-13-8-6-9-14-23)44-21-24-15-10-7-11-16-24)34-26(19-22(2)3)28(38)35-25(17-12-18-33-30(31)32)29(39)36(4)37(40)41/h6-11,13-16,22,25-27,34H,5,12,17-21H2,1-4H3,(H,35,38)(H4,31,32,33)/t25-,26-,27+/m0/s1. The van der Waals surface area contributed by atoms with E-state index in [9.17, 15) is 24.3 Å². The van der Waals surface area contributed by atoms with Crippen LogP contribution in [0.1, 0.15) is 57.6 Å². The molecule has 248 valence electrons. The summed E-state index contributed by atoms with van der Waals surface area (Å²) in [7, 11) is -2.89. The van der Waals surface area contributed by atoms with Gasteiger partial charge in [0.25, 0.3) is 0 Å². The van der Waals surface area contributed by atoms with E-state index in [1.54, 1.807) is 6.92 Å². The van der Waals surface area contributed by atoms with Gasteiger partial charge in [0.05, 0.1) is 26.3 Å². The zero-order chi connectivity index (χ0) is 33.4. The Hall–Kier alpha value is -3.84. The van der Waals surface area contributed by atoms with Gasteiger partial charge in [0.2, 0.25) is 5.91 Å². The fourth-order valence-electron chi connectivity index (χ4n) is 4.42.